The quantitative estimate of drug-likeness (QED) is 0.843. The molecule has 17 heavy (non-hydrogen) atoms. The zero-order chi connectivity index (χ0) is 12.4. The fourth-order valence-corrected chi connectivity index (χ4v) is 4.85. The van der Waals surface area contributed by atoms with Gasteiger partial charge in [-0.15, -0.1) is 11.3 Å². The molecule has 0 saturated heterocycles. The van der Waals surface area contributed by atoms with E-state index in [9.17, 15) is 9.90 Å². The van der Waals surface area contributed by atoms with Crippen LogP contribution in [0, 0.1) is 5.92 Å². The molecule has 2 unspecified atom stereocenters. The number of aliphatic hydroxyl groups is 1. The molecule has 3 nitrogen and oxygen atoms in total. The highest BCUT2D eigenvalue weighted by Crippen LogP contribution is 2.32. The molecular weight excluding hydrogens is 370 g/mol. The topological polar surface area (TPSA) is 49.3 Å². The molecule has 1 fully saturated rings. The van der Waals surface area contributed by atoms with Crippen molar-refractivity contribution in [2.75, 3.05) is 6.54 Å². The average molecular weight is 383 g/mol. The number of halogens is 2. The first-order chi connectivity index (χ1) is 8.06. The second-order valence-corrected chi connectivity index (χ2v) is 8.03. The SMILES string of the molecule is O=C(NCC1CCC(O)C1)c1cc(Br)sc1Br. The molecule has 1 heterocycles. The molecule has 1 amide bonds. The monoisotopic (exact) mass is 381 g/mol. The third-order valence-corrected chi connectivity index (χ3v) is 5.31. The van der Waals surface area contributed by atoms with Crippen molar-refractivity contribution >= 4 is 49.1 Å². The highest BCUT2D eigenvalue weighted by Gasteiger charge is 2.23. The fraction of sp³-hybridized carbons (Fsp3) is 0.545. The molecule has 0 spiro atoms. The molecule has 6 heteroatoms. The molecule has 1 aliphatic carbocycles. The van der Waals surface area contributed by atoms with Gasteiger partial charge in [0, 0.05) is 6.54 Å². The summed E-state index contributed by atoms with van der Waals surface area (Å²) in [5.74, 6) is 0.356. The van der Waals surface area contributed by atoms with Crippen LogP contribution in [-0.4, -0.2) is 23.7 Å². The van der Waals surface area contributed by atoms with Gasteiger partial charge in [-0.25, -0.2) is 0 Å². The lowest BCUT2D eigenvalue weighted by molar-refractivity contribution is 0.0945. The molecule has 0 aromatic carbocycles. The van der Waals surface area contributed by atoms with Gasteiger partial charge in [0.05, 0.1) is 19.2 Å². The minimum absolute atomic E-state index is 0.0554. The second-order valence-electron chi connectivity index (χ2n) is 4.28. The first kappa shape index (κ1) is 13.5. The van der Waals surface area contributed by atoms with E-state index in [0.29, 0.717) is 18.0 Å². The molecule has 1 aromatic heterocycles. The average Bonchev–Trinajstić information content (AvgIpc) is 2.81. The summed E-state index contributed by atoms with van der Waals surface area (Å²) in [5, 5.41) is 12.3. The van der Waals surface area contributed by atoms with Crippen LogP contribution in [0.4, 0.5) is 0 Å². The van der Waals surface area contributed by atoms with Crippen molar-refractivity contribution in [1.82, 2.24) is 5.32 Å². The Morgan fingerprint density at radius 1 is 1.53 bits per heavy atom. The van der Waals surface area contributed by atoms with Crippen LogP contribution in [0.1, 0.15) is 29.6 Å². The van der Waals surface area contributed by atoms with E-state index in [0.717, 1.165) is 26.8 Å². The van der Waals surface area contributed by atoms with E-state index in [1.807, 2.05) is 6.07 Å². The number of hydrogen-bond acceptors (Lipinski definition) is 3. The van der Waals surface area contributed by atoms with Crippen molar-refractivity contribution in [2.45, 2.75) is 25.4 Å². The molecule has 0 bridgehead atoms. The summed E-state index contributed by atoms with van der Waals surface area (Å²) in [6, 6.07) is 1.81. The Kier molecular flexibility index (Phi) is 4.63. The van der Waals surface area contributed by atoms with E-state index in [1.54, 1.807) is 0 Å². The Morgan fingerprint density at radius 2 is 2.29 bits per heavy atom. The summed E-state index contributed by atoms with van der Waals surface area (Å²) in [4.78, 5) is 11.9. The van der Waals surface area contributed by atoms with Crippen molar-refractivity contribution in [3.05, 3.63) is 19.2 Å². The van der Waals surface area contributed by atoms with E-state index >= 15 is 0 Å². The summed E-state index contributed by atoms with van der Waals surface area (Å²) in [6.45, 7) is 0.649. The Labute approximate surface area is 121 Å². The van der Waals surface area contributed by atoms with Gasteiger partial charge in [0.1, 0.15) is 0 Å². The number of thiophene rings is 1. The summed E-state index contributed by atoms with van der Waals surface area (Å²) in [5.41, 5.74) is 0.667. The van der Waals surface area contributed by atoms with Crippen LogP contribution in [0.3, 0.4) is 0 Å². The van der Waals surface area contributed by atoms with Crippen LogP contribution >= 0.6 is 43.2 Å². The third-order valence-electron chi connectivity index (χ3n) is 2.97. The Hall–Kier alpha value is 0.0900. The molecule has 1 aliphatic rings. The normalized spacial score (nSPS) is 23.9. The van der Waals surface area contributed by atoms with Crippen molar-refractivity contribution in [3.63, 3.8) is 0 Å². The Morgan fingerprint density at radius 3 is 2.82 bits per heavy atom. The number of rotatable bonds is 3. The minimum Gasteiger partial charge on any atom is -0.393 e. The van der Waals surface area contributed by atoms with E-state index < -0.39 is 0 Å². The van der Waals surface area contributed by atoms with Crippen molar-refractivity contribution in [1.29, 1.82) is 0 Å². The van der Waals surface area contributed by atoms with E-state index in [2.05, 4.69) is 37.2 Å². The molecule has 2 rings (SSSR count). The van der Waals surface area contributed by atoms with Crippen LogP contribution < -0.4 is 5.32 Å². The standard InChI is InChI=1S/C11H13Br2NO2S/c12-9-4-8(10(13)17-9)11(16)14-5-6-1-2-7(15)3-6/h4,6-7,15H,1-3,5H2,(H,14,16). The molecule has 1 aromatic rings. The zero-order valence-electron chi connectivity index (χ0n) is 9.08. The molecular formula is C11H13Br2NO2S. The van der Waals surface area contributed by atoms with Gasteiger partial charge >= 0.3 is 0 Å². The molecule has 0 aliphatic heterocycles. The molecule has 0 radical (unpaired) electrons. The fourth-order valence-electron chi connectivity index (χ4n) is 2.06. The van der Waals surface area contributed by atoms with Gasteiger partial charge < -0.3 is 10.4 Å². The maximum absolute atomic E-state index is 11.9. The van der Waals surface area contributed by atoms with Crippen LogP contribution in [0.25, 0.3) is 0 Å². The Bertz CT molecular complexity index is 422. The lowest BCUT2D eigenvalue weighted by atomic mass is 10.1. The molecule has 2 atom stereocenters. The largest absolute Gasteiger partial charge is 0.393 e. The number of carbonyl (C=O) groups excluding carboxylic acids is 1. The number of amides is 1. The smallest absolute Gasteiger partial charge is 0.253 e. The van der Waals surface area contributed by atoms with Gasteiger partial charge in [0.15, 0.2) is 0 Å². The predicted octanol–water partition coefficient (Wildman–Crippen LogP) is 3.16. The third kappa shape index (κ3) is 3.53. The van der Waals surface area contributed by atoms with Crippen LogP contribution in [-0.2, 0) is 0 Å². The maximum Gasteiger partial charge on any atom is 0.253 e. The van der Waals surface area contributed by atoms with Crippen molar-refractivity contribution in [2.24, 2.45) is 5.92 Å². The van der Waals surface area contributed by atoms with Gasteiger partial charge in [0.25, 0.3) is 5.91 Å². The maximum atomic E-state index is 11.9. The van der Waals surface area contributed by atoms with E-state index in [1.165, 1.54) is 11.3 Å². The summed E-state index contributed by atoms with van der Waals surface area (Å²) in [7, 11) is 0. The van der Waals surface area contributed by atoms with Gasteiger partial charge in [0.2, 0.25) is 0 Å². The van der Waals surface area contributed by atoms with Crippen LogP contribution in [0.15, 0.2) is 13.6 Å². The van der Waals surface area contributed by atoms with Gasteiger partial charge in [-0.2, -0.15) is 0 Å². The van der Waals surface area contributed by atoms with Crippen LogP contribution in [0.5, 0.6) is 0 Å². The number of carbonyl (C=O) groups is 1. The van der Waals surface area contributed by atoms with Crippen LogP contribution in [0.2, 0.25) is 0 Å². The zero-order valence-corrected chi connectivity index (χ0v) is 13.1. The van der Waals surface area contributed by atoms with E-state index in [-0.39, 0.29) is 12.0 Å². The summed E-state index contributed by atoms with van der Waals surface area (Å²) < 4.78 is 1.78. The highest BCUT2D eigenvalue weighted by molar-refractivity contribution is 9.12. The van der Waals surface area contributed by atoms with Gasteiger partial charge in [-0.1, -0.05) is 0 Å². The first-order valence-corrected chi connectivity index (χ1v) is 7.87. The minimum atomic E-state index is -0.182. The molecule has 1 saturated carbocycles. The van der Waals surface area contributed by atoms with Crippen molar-refractivity contribution in [3.8, 4) is 0 Å². The molecule has 2 N–H and O–H groups in total. The lowest BCUT2D eigenvalue weighted by Crippen LogP contribution is -2.28. The van der Waals surface area contributed by atoms with Gasteiger partial charge in [-0.05, 0) is 63.1 Å². The number of hydrogen-bond donors (Lipinski definition) is 2. The predicted molar refractivity (Wildman–Crippen MR) is 75.4 cm³/mol. The van der Waals surface area contributed by atoms with Crippen molar-refractivity contribution < 1.29 is 9.90 Å². The second kappa shape index (κ2) is 5.82. The Balaban J connectivity index is 1.87. The first-order valence-electron chi connectivity index (χ1n) is 5.47. The highest BCUT2D eigenvalue weighted by atomic mass is 79.9. The summed E-state index contributed by atoms with van der Waals surface area (Å²) >= 11 is 8.21. The number of aliphatic hydroxyl groups excluding tert-OH is 1. The van der Waals surface area contributed by atoms with E-state index in [4.69, 9.17) is 0 Å². The van der Waals surface area contributed by atoms with Gasteiger partial charge in [-0.3, -0.25) is 4.79 Å². The number of nitrogens with one attached hydrogen (secondary N) is 1. The summed E-state index contributed by atoms with van der Waals surface area (Å²) in [6.07, 6.45) is 2.47. The lowest BCUT2D eigenvalue weighted by Gasteiger charge is -2.10. The molecule has 94 valence electrons.